The molecular weight excluding hydrogens is 455 g/mol. The summed E-state index contributed by atoms with van der Waals surface area (Å²) >= 11 is -16.9. The van der Waals surface area contributed by atoms with E-state index in [4.69, 9.17) is 47.1 Å². The maximum atomic E-state index is 8.58. The predicted molar refractivity (Wildman–Crippen MR) is 6.18 cm³/mol. The predicted octanol–water partition coefficient (Wildman–Crippen LogP) is -7.64. The van der Waals surface area contributed by atoms with Crippen LogP contribution in [-0.4, -0.2) is 0 Å². The van der Waals surface area contributed by atoms with Crippen LogP contribution < -0.4 is 64.0 Å². The van der Waals surface area contributed by atoms with Crippen molar-refractivity contribution in [1.82, 2.24) is 0 Å². The van der Waals surface area contributed by atoms with Gasteiger partial charge in [-0.3, -0.25) is 0 Å². The summed E-state index contributed by atoms with van der Waals surface area (Å²) in [4.78, 5) is 0. The third-order valence-corrected chi connectivity index (χ3v) is 0. The minimum atomic E-state index is -5.62. The summed E-state index contributed by atoms with van der Waals surface area (Å²) in [5.41, 5.74) is 0. The van der Waals surface area contributed by atoms with Gasteiger partial charge in [0, 0.05) is 0 Å². The second-order valence-electron chi connectivity index (χ2n) is 1.13. The molecule has 0 saturated carbocycles. The third kappa shape index (κ3) is 1410. The van der Waals surface area contributed by atoms with E-state index in [0.717, 1.165) is 0 Å². The van der Waals surface area contributed by atoms with Gasteiger partial charge in [-0.15, -0.1) is 0 Å². The molecule has 0 aromatic carbocycles. The van der Waals surface area contributed by atoms with Crippen LogP contribution in [0.4, 0.5) is 0 Å². The molecule has 0 radical (unpaired) electrons. The van der Waals surface area contributed by atoms with E-state index in [1.807, 2.05) is 0 Å². The van der Waals surface area contributed by atoms with E-state index in [9.17, 15) is 0 Å². The standard InChI is InChI=1S/K.3Mn.Ni.12O/q+1;;;;+2;;;;;;;;;;3*-1. The van der Waals surface area contributed by atoms with Crippen LogP contribution in [0.3, 0.4) is 0 Å². The van der Waals surface area contributed by atoms with E-state index in [-0.39, 0.29) is 67.9 Å². The Morgan fingerprint density at radius 1 is 0.471 bits per heavy atom. The summed E-state index contributed by atoms with van der Waals surface area (Å²) in [5, 5.41) is 0. The van der Waals surface area contributed by atoms with Crippen LogP contribution in [-0.2, 0) is 89.9 Å². The van der Waals surface area contributed by atoms with Crippen LogP contribution in [0.25, 0.3) is 0 Å². The van der Waals surface area contributed by atoms with Gasteiger partial charge in [-0.05, 0) is 0 Å². The SMILES string of the molecule is [K+].[Ni+2].[O]=[Mn](=[O])(=[O])[O-].[O]=[Mn](=[O])(=[O])[O-].[O]=[Mn](=[O])(=[O])[O-]. The van der Waals surface area contributed by atoms with Crippen LogP contribution >= 0.6 is 0 Å². The molecule has 0 unspecified atom stereocenters. The molecule has 0 aromatic heterocycles. The van der Waals surface area contributed by atoms with Gasteiger partial charge in [-0.1, -0.05) is 0 Å². The van der Waals surface area contributed by atoms with Gasteiger partial charge in [0.15, 0.2) is 0 Å². The van der Waals surface area contributed by atoms with Crippen molar-refractivity contribution in [3.63, 3.8) is 0 Å². The Morgan fingerprint density at radius 3 is 0.471 bits per heavy atom. The molecule has 0 bridgehead atoms. The first-order chi connectivity index (χ1) is 6.00. The van der Waals surface area contributed by atoms with Crippen molar-refractivity contribution in [3.8, 4) is 0 Å². The molecule has 0 aliphatic rings. The first kappa shape index (κ1) is 31.3. The van der Waals surface area contributed by atoms with E-state index in [1.54, 1.807) is 0 Å². The second-order valence-corrected chi connectivity index (χ2v) is 4.68. The summed E-state index contributed by atoms with van der Waals surface area (Å²) in [6.45, 7) is 0. The quantitative estimate of drug-likeness (QED) is 0.311. The number of rotatable bonds is 0. The Hall–Kier alpha value is 1.77. The minimum absolute atomic E-state index is 0. The first-order valence-corrected chi connectivity index (χ1v) is 7.63. The van der Waals surface area contributed by atoms with Gasteiger partial charge in [0.1, 0.15) is 0 Å². The van der Waals surface area contributed by atoms with Gasteiger partial charge in [-0.25, -0.2) is 0 Å². The monoisotopic (exact) mass is 454 g/mol. The Balaban J connectivity index is -0.0000000400. The molecule has 104 valence electrons. The van der Waals surface area contributed by atoms with Crippen molar-refractivity contribution in [2.75, 3.05) is 0 Å². The molecule has 17 heteroatoms. The molecule has 12 nitrogen and oxygen atoms in total. The van der Waals surface area contributed by atoms with Crippen molar-refractivity contribution >= 4 is 0 Å². The van der Waals surface area contributed by atoms with E-state index >= 15 is 0 Å². The second kappa shape index (κ2) is 12.8. The third-order valence-electron chi connectivity index (χ3n) is 0. The van der Waals surface area contributed by atoms with Crippen LogP contribution in [0.5, 0.6) is 0 Å². The summed E-state index contributed by atoms with van der Waals surface area (Å²) in [6.07, 6.45) is 0. The van der Waals surface area contributed by atoms with Gasteiger partial charge in [0.05, 0.1) is 0 Å². The van der Waals surface area contributed by atoms with Gasteiger partial charge >= 0.3 is 154 Å². The van der Waals surface area contributed by atoms with E-state index in [2.05, 4.69) is 0 Å². The molecule has 17 heavy (non-hydrogen) atoms. The molecule has 0 fully saturated rings. The molecular formula is KMn3NiO12. The van der Waals surface area contributed by atoms with E-state index in [1.165, 1.54) is 0 Å². The summed E-state index contributed by atoms with van der Waals surface area (Å²) < 4.78 is 103. The normalized spacial score (nSPS) is 10.1. The molecule has 0 aliphatic carbocycles. The zero-order valence-electron chi connectivity index (χ0n) is 7.35. The van der Waals surface area contributed by atoms with Crippen LogP contribution in [0.2, 0.25) is 0 Å². The summed E-state index contributed by atoms with van der Waals surface area (Å²) in [6, 6.07) is 0. The molecule has 0 amide bonds. The fourth-order valence-corrected chi connectivity index (χ4v) is 0. The first-order valence-electron chi connectivity index (χ1n) is 1.85. The van der Waals surface area contributed by atoms with E-state index in [0.29, 0.717) is 0 Å². The Bertz CT molecular complexity index is 485. The Kier molecular flexibility index (Phi) is 23.5. The average molecular weight is 455 g/mol. The molecule has 0 aromatic rings. The van der Waals surface area contributed by atoms with Crippen molar-refractivity contribution in [2.45, 2.75) is 0 Å². The summed E-state index contributed by atoms with van der Waals surface area (Å²) in [7, 11) is 0. The number of hydrogen-bond acceptors (Lipinski definition) is 12. The van der Waals surface area contributed by atoms with Crippen molar-refractivity contribution in [2.24, 2.45) is 0 Å². The average Bonchev–Trinajstić information content (AvgIpc) is 1.41. The van der Waals surface area contributed by atoms with Crippen molar-refractivity contribution in [1.29, 1.82) is 0 Å². The fourth-order valence-electron chi connectivity index (χ4n) is 0. The van der Waals surface area contributed by atoms with Gasteiger partial charge in [0.2, 0.25) is 0 Å². The van der Waals surface area contributed by atoms with E-state index < -0.39 is 38.9 Å². The number of hydrogen-bond donors (Lipinski definition) is 0. The maximum absolute atomic E-state index is 8.58. The van der Waals surface area contributed by atoms with Crippen molar-refractivity contribution < 1.29 is 154 Å². The molecule has 0 heterocycles. The zero-order valence-corrected chi connectivity index (χ0v) is 15.0. The van der Waals surface area contributed by atoms with Gasteiger partial charge in [-0.2, -0.15) is 0 Å². The van der Waals surface area contributed by atoms with Crippen LogP contribution in [0.1, 0.15) is 0 Å². The Morgan fingerprint density at radius 2 is 0.471 bits per heavy atom. The van der Waals surface area contributed by atoms with Gasteiger partial charge in [0.25, 0.3) is 0 Å². The van der Waals surface area contributed by atoms with Crippen LogP contribution in [0.15, 0.2) is 0 Å². The Labute approximate surface area is 151 Å². The summed E-state index contributed by atoms with van der Waals surface area (Å²) in [5.74, 6) is 0. The molecule has 0 N–H and O–H groups in total. The molecule has 0 spiro atoms. The fraction of sp³-hybridized carbons (Fsp3) is 0. The van der Waals surface area contributed by atoms with Crippen LogP contribution in [0, 0.1) is 0 Å². The van der Waals surface area contributed by atoms with Crippen molar-refractivity contribution in [3.05, 3.63) is 0 Å². The molecule has 0 saturated heterocycles. The topological polar surface area (TPSA) is 223 Å². The molecule has 0 rings (SSSR count). The van der Waals surface area contributed by atoms with Gasteiger partial charge < -0.3 is 0 Å². The molecule has 0 aliphatic heterocycles. The zero-order chi connectivity index (χ0) is 13.5. The molecule has 0 atom stereocenters.